The largest absolute Gasteiger partial charge is 3.00 e. The number of hydrogen-bond donors (Lipinski definition) is 0. The van der Waals surface area contributed by atoms with Crippen molar-refractivity contribution in [1.29, 1.82) is 0 Å². The van der Waals surface area contributed by atoms with Crippen LogP contribution in [0.3, 0.4) is 0 Å². The minimum atomic E-state index is -0.312. The fourth-order valence-electron chi connectivity index (χ4n) is 2.63. The summed E-state index contributed by atoms with van der Waals surface area (Å²) < 4.78 is 0. The predicted octanol–water partition coefficient (Wildman–Crippen LogP) is 4.34. The van der Waals surface area contributed by atoms with E-state index in [-0.39, 0.29) is 37.4 Å². The van der Waals surface area contributed by atoms with E-state index < -0.39 is 0 Å². The summed E-state index contributed by atoms with van der Waals surface area (Å²) in [5.41, 5.74) is 5.93. The van der Waals surface area contributed by atoms with Crippen LogP contribution >= 0.6 is 0 Å². The molecule has 2 aromatic carbocycles. The second-order valence-corrected chi connectivity index (χ2v) is 7.14. The number of allylic oxidation sites excluding steroid dienone is 1. The number of rotatable bonds is 4. The predicted molar refractivity (Wildman–Crippen MR) is 127 cm³/mol. The van der Waals surface area contributed by atoms with Gasteiger partial charge in [-0.2, -0.15) is 0 Å². The van der Waals surface area contributed by atoms with Crippen molar-refractivity contribution in [2.24, 2.45) is 0 Å². The molecule has 0 bridgehead atoms. The summed E-state index contributed by atoms with van der Waals surface area (Å²) in [5.74, 6) is -0.437. The molecular formula is C27H25N4O2Ru. The van der Waals surface area contributed by atoms with Gasteiger partial charge in [0.15, 0.2) is 0 Å². The summed E-state index contributed by atoms with van der Waals surface area (Å²) >= 11 is 0. The van der Waals surface area contributed by atoms with Crippen molar-refractivity contribution in [3.63, 3.8) is 0 Å². The third-order valence-electron chi connectivity index (χ3n) is 4.07. The first-order valence-electron chi connectivity index (χ1n) is 10.2. The van der Waals surface area contributed by atoms with Gasteiger partial charge in [0.1, 0.15) is 5.78 Å². The zero-order valence-electron chi connectivity index (χ0n) is 19.3. The van der Waals surface area contributed by atoms with Crippen molar-refractivity contribution in [3.8, 4) is 22.5 Å². The Balaban J connectivity index is 0.000000264. The molecule has 34 heavy (non-hydrogen) atoms. The van der Waals surface area contributed by atoms with Crippen molar-refractivity contribution >= 4 is 5.78 Å². The van der Waals surface area contributed by atoms with Crippen LogP contribution in [0.25, 0.3) is 22.5 Å². The molecule has 6 nitrogen and oxygen atoms in total. The maximum Gasteiger partial charge on any atom is 3.00 e. The number of hydrogen-bond acceptors (Lipinski definition) is 6. The molecule has 0 amide bonds. The quantitative estimate of drug-likeness (QED) is 0.218. The minimum absolute atomic E-state index is 0. The Morgan fingerprint density at radius 3 is 1.44 bits per heavy atom. The Kier molecular flexibility index (Phi) is 12.8. The summed E-state index contributed by atoms with van der Waals surface area (Å²) in [7, 11) is 0. The average molecular weight is 539 g/mol. The Morgan fingerprint density at radius 2 is 1.18 bits per heavy atom. The molecule has 2 heterocycles. The number of Topliss-reactive ketones (excluding diaryl/α,β-unsaturated/α-hetero) is 1. The van der Waals surface area contributed by atoms with E-state index >= 15 is 0 Å². The minimum Gasteiger partial charge on any atom is -0.876 e. The summed E-state index contributed by atoms with van der Waals surface area (Å²) in [6.45, 7) is 8.25. The van der Waals surface area contributed by atoms with E-state index in [9.17, 15) is 9.90 Å². The molecule has 173 valence electrons. The molecule has 0 aliphatic rings. The number of nitrogens with zero attached hydrogens (tertiary/aromatic N) is 4. The third kappa shape index (κ3) is 10.8. The van der Waals surface area contributed by atoms with Crippen LogP contribution in [-0.4, -0.2) is 25.7 Å². The van der Waals surface area contributed by atoms with Crippen molar-refractivity contribution in [1.82, 2.24) is 19.9 Å². The van der Waals surface area contributed by atoms with Crippen molar-refractivity contribution < 1.29 is 29.4 Å². The van der Waals surface area contributed by atoms with Crippen LogP contribution in [0.2, 0.25) is 0 Å². The van der Waals surface area contributed by atoms with Crippen LogP contribution in [0.1, 0.15) is 24.7 Å². The maximum absolute atomic E-state index is 9.99. The number of aryl methyl sites for hydroxylation is 2. The second-order valence-electron chi connectivity index (χ2n) is 7.14. The Hall–Kier alpha value is -3.57. The van der Waals surface area contributed by atoms with Gasteiger partial charge in [-0.25, -0.2) is 0 Å². The van der Waals surface area contributed by atoms with Gasteiger partial charge in [-0.05, 0) is 18.3 Å². The first kappa shape index (κ1) is 28.5. The van der Waals surface area contributed by atoms with E-state index in [4.69, 9.17) is 0 Å². The monoisotopic (exact) mass is 539 g/mol. The molecule has 4 rings (SSSR count). The Bertz CT molecular complexity index is 1080. The van der Waals surface area contributed by atoms with Crippen LogP contribution in [-0.2, 0) is 24.3 Å². The molecule has 0 aliphatic heterocycles. The van der Waals surface area contributed by atoms with Gasteiger partial charge in [0.2, 0.25) is 0 Å². The molecule has 0 aliphatic carbocycles. The zero-order valence-corrected chi connectivity index (χ0v) is 21.0. The Morgan fingerprint density at radius 1 is 0.794 bits per heavy atom. The first-order chi connectivity index (χ1) is 15.8. The molecule has 0 saturated heterocycles. The topological polar surface area (TPSA) is 91.7 Å². The van der Waals surface area contributed by atoms with Gasteiger partial charge >= 0.3 is 19.5 Å². The van der Waals surface area contributed by atoms with Crippen LogP contribution < -0.4 is 5.11 Å². The third-order valence-corrected chi connectivity index (χ3v) is 4.07. The van der Waals surface area contributed by atoms with Crippen LogP contribution in [0.15, 0.2) is 85.1 Å². The Labute approximate surface area is 213 Å². The number of carbonyl (C=O) groups excluding carboxylic acids is 1. The van der Waals surface area contributed by atoms with Gasteiger partial charge in [-0.15, -0.1) is 24.5 Å². The molecule has 0 fully saturated rings. The molecule has 0 spiro atoms. The van der Waals surface area contributed by atoms with Gasteiger partial charge in [-0.1, -0.05) is 97.0 Å². The molecular weight excluding hydrogens is 513 g/mol. The molecule has 0 unspecified atom stereocenters. The van der Waals surface area contributed by atoms with E-state index in [0.29, 0.717) is 0 Å². The van der Waals surface area contributed by atoms with Crippen LogP contribution in [0.4, 0.5) is 0 Å². The molecule has 7 heteroatoms. The molecule has 2 aromatic heterocycles. The van der Waals surface area contributed by atoms with E-state index in [1.165, 1.54) is 6.92 Å². The van der Waals surface area contributed by atoms with Gasteiger partial charge in [0.25, 0.3) is 0 Å². The molecule has 0 N–H and O–H groups in total. The van der Waals surface area contributed by atoms with Crippen LogP contribution in [0.5, 0.6) is 0 Å². The molecule has 1 radical (unpaired) electrons. The van der Waals surface area contributed by atoms with Crippen LogP contribution in [0, 0.1) is 26.5 Å². The number of aromatic nitrogens is 4. The van der Waals surface area contributed by atoms with E-state index in [1.807, 2.05) is 86.6 Å². The fraction of sp³-hybridized carbons (Fsp3) is 0.148. The van der Waals surface area contributed by atoms with E-state index in [1.54, 1.807) is 0 Å². The maximum atomic E-state index is 9.99. The van der Waals surface area contributed by atoms with Gasteiger partial charge in [-0.3, -0.25) is 4.79 Å². The van der Waals surface area contributed by atoms with Crippen molar-refractivity contribution in [2.45, 2.75) is 27.2 Å². The van der Waals surface area contributed by atoms with Crippen molar-refractivity contribution in [2.75, 3.05) is 0 Å². The standard InChI is InChI=1S/2C11H9N2.C5H8O2.Ru/c2*1-9-7-11(13-8-12-9)10-5-3-2-4-6-10;1-4(6)3-5(2)7;/h2*2-7H,1H3;6H,1,3H2,2H3;/q2*-1;;+3/p-1. The average Bonchev–Trinajstić information content (AvgIpc) is 2.80. The number of carbonyl (C=O) groups is 1. The second kappa shape index (κ2) is 15.3. The van der Waals surface area contributed by atoms with Gasteiger partial charge in [0, 0.05) is 19.1 Å². The summed E-state index contributed by atoms with van der Waals surface area (Å²) in [6, 6.07) is 23.9. The SMILES string of the molecule is C=C([O-])CC(C)=O.Cc1cc(-c2ccccc2)n[c-]n1.Cc1cc(-c2ccccc2)n[c-]n1.[Ru+3]. The van der Waals surface area contributed by atoms with E-state index in [2.05, 4.69) is 39.2 Å². The van der Waals surface area contributed by atoms with E-state index in [0.717, 1.165) is 33.9 Å². The zero-order chi connectivity index (χ0) is 24.1. The van der Waals surface area contributed by atoms with Gasteiger partial charge in [0.05, 0.1) is 0 Å². The summed E-state index contributed by atoms with van der Waals surface area (Å²) in [6.07, 6.45) is 5.23. The number of benzene rings is 2. The smallest absolute Gasteiger partial charge is 0.876 e. The number of ketones is 1. The van der Waals surface area contributed by atoms with Gasteiger partial charge < -0.3 is 25.0 Å². The van der Waals surface area contributed by atoms with Crippen molar-refractivity contribution in [3.05, 3.63) is 109 Å². The summed E-state index contributed by atoms with van der Waals surface area (Å²) in [5, 5.41) is 9.92. The molecule has 4 aromatic rings. The molecule has 0 atom stereocenters. The molecule has 0 saturated carbocycles. The summed E-state index contributed by atoms with van der Waals surface area (Å²) in [4.78, 5) is 26.0. The normalized spacial score (nSPS) is 9.26. The fourth-order valence-corrected chi connectivity index (χ4v) is 2.63. The first-order valence-corrected chi connectivity index (χ1v) is 10.2.